The molecular weight excluding hydrogens is 271 g/mol. The van der Waals surface area contributed by atoms with Gasteiger partial charge in [0.1, 0.15) is 5.82 Å². The van der Waals surface area contributed by atoms with Crippen molar-refractivity contribution in [2.75, 3.05) is 33.0 Å². The van der Waals surface area contributed by atoms with Gasteiger partial charge < -0.3 is 10.5 Å². The predicted octanol–water partition coefficient (Wildman–Crippen LogP) is 1.29. The van der Waals surface area contributed by atoms with Crippen LogP contribution >= 0.6 is 0 Å². The average Bonchev–Trinajstić information content (AvgIpc) is 2.32. The highest BCUT2D eigenvalue weighted by molar-refractivity contribution is 7.89. The van der Waals surface area contributed by atoms with Crippen molar-refractivity contribution in [3.8, 4) is 0 Å². The number of nitrogen functional groups attached to an aromatic ring is 1. The summed E-state index contributed by atoms with van der Waals surface area (Å²) in [5, 5.41) is 0. The Labute approximate surface area is 113 Å². The number of nitrogens with zero attached hydrogens (tertiary/aromatic N) is 1. The number of ether oxygens (including phenoxy) is 1. The first-order valence-corrected chi connectivity index (χ1v) is 7.18. The van der Waals surface area contributed by atoms with Crippen molar-refractivity contribution in [2.24, 2.45) is 0 Å². The van der Waals surface area contributed by atoms with Crippen LogP contribution < -0.4 is 5.73 Å². The molecule has 0 heterocycles. The van der Waals surface area contributed by atoms with Gasteiger partial charge in [-0.3, -0.25) is 0 Å². The van der Waals surface area contributed by atoms with Gasteiger partial charge in [-0.05, 0) is 31.0 Å². The summed E-state index contributed by atoms with van der Waals surface area (Å²) in [5.41, 5.74) is 6.01. The van der Waals surface area contributed by atoms with Crippen LogP contribution in [0.15, 0.2) is 11.0 Å². The number of nitrogens with two attached hydrogens (primary N) is 1. The number of anilines is 1. The summed E-state index contributed by atoms with van der Waals surface area (Å²) in [6.07, 6.45) is 0. The third-order valence-electron chi connectivity index (χ3n) is 2.98. The Morgan fingerprint density at radius 2 is 2.00 bits per heavy atom. The number of aryl methyl sites for hydroxylation is 1. The number of hydrogen-bond donors (Lipinski definition) is 1. The summed E-state index contributed by atoms with van der Waals surface area (Å²) >= 11 is 0. The molecular formula is C12H19FN2O3S. The van der Waals surface area contributed by atoms with Gasteiger partial charge in [0.15, 0.2) is 0 Å². The first-order valence-electron chi connectivity index (χ1n) is 5.74. The lowest BCUT2D eigenvalue weighted by Gasteiger charge is -2.20. The van der Waals surface area contributed by atoms with E-state index in [4.69, 9.17) is 10.5 Å². The molecule has 0 fully saturated rings. The fourth-order valence-electron chi connectivity index (χ4n) is 1.82. The molecule has 0 aliphatic rings. The Hall–Kier alpha value is -1.18. The monoisotopic (exact) mass is 290 g/mol. The van der Waals surface area contributed by atoms with Crippen LogP contribution in [0, 0.1) is 19.7 Å². The molecule has 7 heteroatoms. The van der Waals surface area contributed by atoms with Crippen LogP contribution in [0.4, 0.5) is 10.1 Å². The summed E-state index contributed by atoms with van der Waals surface area (Å²) in [4.78, 5) is 0.0602. The molecule has 0 atom stereocenters. The van der Waals surface area contributed by atoms with Gasteiger partial charge in [-0.25, -0.2) is 12.8 Å². The lowest BCUT2D eigenvalue weighted by atomic mass is 10.1. The van der Waals surface area contributed by atoms with Crippen LogP contribution in [0.2, 0.25) is 0 Å². The Bertz CT molecular complexity index is 573. The largest absolute Gasteiger partial charge is 0.396 e. The molecule has 19 heavy (non-hydrogen) atoms. The van der Waals surface area contributed by atoms with Gasteiger partial charge in [-0.2, -0.15) is 4.31 Å². The minimum atomic E-state index is -3.71. The summed E-state index contributed by atoms with van der Waals surface area (Å²) < 4.78 is 44.4. The number of likely N-dealkylation sites (N-methyl/N-ethyl adjacent to an activating group) is 1. The standard InChI is InChI=1S/C12H19FN2O3S/c1-8-7-10(13)11(14)9(2)12(8)19(16,17)15(3)5-6-18-4/h7H,5-6,14H2,1-4H3. The van der Waals surface area contributed by atoms with E-state index in [1.165, 1.54) is 25.4 Å². The highest BCUT2D eigenvalue weighted by Crippen LogP contribution is 2.29. The smallest absolute Gasteiger partial charge is 0.243 e. The molecule has 0 bridgehead atoms. The van der Waals surface area contributed by atoms with Crippen LogP contribution in [0.25, 0.3) is 0 Å². The summed E-state index contributed by atoms with van der Waals surface area (Å²) in [7, 11) is -0.761. The third-order valence-corrected chi connectivity index (χ3v) is 5.13. The molecule has 2 N–H and O–H groups in total. The van der Waals surface area contributed by atoms with E-state index in [0.717, 1.165) is 6.07 Å². The molecule has 0 spiro atoms. The highest BCUT2D eigenvalue weighted by Gasteiger charge is 2.26. The minimum Gasteiger partial charge on any atom is -0.396 e. The number of methoxy groups -OCH3 is 1. The van der Waals surface area contributed by atoms with Gasteiger partial charge in [-0.15, -0.1) is 0 Å². The van der Waals surface area contributed by atoms with Crippen molar-refractivity contribution in [3.63, 3.8) is 0 Å². The van der Waals surface area contributed by atoms with Gasteiger partial charge in [0.2, 0.25) is 10.0 Å². The molecule has 0 saturated heterocycles. The van der Waals surface area contributed by atoms with Gasteiger partial charge >= 0.3 is 0 Å². The Morgan fingerprint density at radius 1 is 1.42 bits per heavy atom. The summed E-state index contributed by atoms with van der Waals surface area (Å²) in [6.45, 7) is 3.55. The molecule has 5 nitrogen and oxygen atoms in total. The van der Waals surface area contributed by atoms with Crippen LogP contribution in [-0.4, -0.2) is 40.0 Å². The molecule has 0 aliphatic carbocycles. The summed E-state index contributed by atoms with van der Waals surface area (Å²) in [6, 6.07) is 1.14. The first-order chi connectivity index (χ1) is 8.73. The Kier molecular flexibility index (Phi) is 4.89. The number of hydrogen-bond acceptors (Lipinski definition) is 4. The van der Waals surface area contributed by atoms with Gasteiger partial charge in [0.25, 0.3) is 0 Å². The van der Waals surface area contributed by atoms with Crippen LogP contribution in [0.3, 0.4) is 0 Å². The highest BCUT2D eigenvalue weighted by atomic mass is 32.2. The molecule has 0 unspecified atom stereocenters. The molecule has 0 saturated carbocycles. The lowest BCUT2D eigenvalue weighted by molar-refractivity contribution is 0.185. The molecule has 0 amide bonds. The second kappa shape index (κ2) is 5.85. The molecule has 0 radical (unpaired) electrons. The SMILES string of the molecule is COCCN(C)S(=O)(=O)c1c(C)cc(F)c(N)c1C. The second-order valence-corrected chi connectivity index (χ2v) is 6.34. The van der Waals surface area contributed by atoms with Crippen molar-refractivity contribution in [2.45, 2.75) is 18.7 Å². The quantitative estimate of drug-likeness (QED) is 0.829. The normalized spacial score (nSPS) is 12.1. The summed E-state index contributed by atoms with van der Waals surface area (Å²) in [5.74, 6) is -0.603. The van der Waals surface area contributed by atoms with E-state index in [2.05, 4.69) is 0 Å². The van der Waals surface area contributed by atoms with Crippen molar-refractivity contribution in [3.05, 3.63) is 23.0 Å². The van der Waals surface area contributed by atoms with E-state index >= 15 is 0 Å². The molecule has 1 aromatic carbocycles. The fraction of sp³-hybridized carbons (Fsp3) is 0.500. The van der Waals surface area contributed by atoms with Crippen LogP contribution in [0.5, 0.6) is 0 Å². The average molecular weight is 290 g/mol. The molecule has 1 aromatic rings. The maximum Gasteiger partial charge on any atom is 0.243 e. The van der Waals surface area contributed by atoms with E-state index in [9.17, 15) is 12.8 Å². The topological polar surface area (TPSA) is 72.6 Å². The maximum absolute atomic E-state index is 13.5. The van der Waals surface area contributed by atoms with Crippen molar-refractivity contribution < 1.29 is 17.5 Å². The van der Waals surface area contributed by atoms with Gasteiger partial charge in [0, 0.05) is 20.7 Å². The zero-order valence-corrected chi connectivity index (χ0v) is 12.3. The maximum atomic E-state index is 13.5. The fourth-order valence-corrected chi connectivity index (χ4v) is 3.41. The Balaban J connectivity index is 3.33. The second-order valence-electron chi connectivity index (χ2n) is 4.36. The third kappa shape index (κ3) is 3.05. The van der Waals surface area contributed by atoms with E-state index in [-0.39, 0.29) is 29.3 Å². The van der Waals surface area contributed by atoms with Crippen molar-refractivity contribution >= 4 is 15.7 Å². The molecule has 1 rings (SSSR count). The zero-order chi connectivity index (χ0) is 14.8. The molecule has 0 aliphatic heterocycles. The predicted molar refractivity (Wildman–Crippen MR) is 72.0 cm³/mol. The number of halogens is 1. The first kappa shape index (κ1) is 15.9. The van der Waals surface area contributed by atoms with Gasteiger partial charge in [-0.1, -0.05) is 0 Å². The number of benzene rings is 1. The van der Waals surface area contributed by atoms with Crippen molar-refractivity contribution in [1.29, 1.82) is 0 Å². The van der Waals surface area contributed by atoms with Crippen molar-refractivity contribution in [1.82, 2.24) is 4.31 Å². The van der Waals surface area contributed by atoms with E-state index < -0.39 is 15.8 Å². The van der Waals surface area contributed by atoms with Crippen LogP contribution in [-0.2, 0) is 14.8 Å². The van der Waals surface area contributed by atoms with Gasteiger partial charge in [0.05, 0.1) is 17.2 Å². The van der Waals surface area contributed by atoms with Crippen LogP contribution in [0.1, 0.15) is 11.1 Å². The Morgan fingerprint density at radius 3 is 2.53 bits per heavy atom. The zero-order valence-electron chi connectivity index (χ0n) is 11.5. The van der Waals surface area contributed by atoms with E-state index in [1.54, 1.807) is 6.92 Å². The lowest BCUT2D eigenvalue weighted by Crippen LogP contribution is -2.31. The van der Waals surface area contributed by atoms with E-state index in [1.807, 2.05) is 0 Å². The number of sulfonamides is 1. The minimum absolute atomic E-state index is 0.0602. The molecule has 0 aromatic heterocycles. The number of rotatable bonds is 5. The molecule has 108 valence electrons. The van der Waals surface area contributed by atoms with E-state index in [0.29, 0.717) is 5.56 Å².